The number of aryl methyl sites for hydroxylation is 1. The van der Waals surface area contributed by atoms with Crippen molar-refractivity contribution in [3.8, 4) is 0 Å². The van der Waals surface area contributed by atoms with Gasteiger partial charge >= 0.3 is 0 Å². The number of thioether (sulfide) groups is 1. The van der Waals surface area contributed by atoms with E-state index >= 15 is 0 Å². The van der Waals surface area contributed by atoms with Crippen LogP contribution in [0.15, 0.2) is 53.4 Å². The zero-order chi connectivity index (χ0) is 21.0. The van der Waals surface area contributed by atoms with Crippen molar-refractivity contribution in [1.82, 2.24) is 10.6 Å². The number of anilines is 1. The number of hydrogen-bond acceptors (Lipinski definition) is 6. The molecule has 0 aromatic heterocycles. The SMILES string of the molecule is Cc1ccc(NC(=O)CSC2NCC(S(=O)(=O)c3cccc(Cl)c3)C(=O)N2)cc1. The van der Waals surface area contributed by atoms with Crippen LogP contribution in [-0.4, -0.2) is 43.3 Å². The van der Waals surface area contributed by atoms with Gasteiger partial charge in [-0.2, -0.15) is 0 Å². The number of nitrogens with one attached hydrogen (secondary N) is 3. The predicted octanol–water partition coefficient (Wildman–Crippen LogP) is 2.17. The minimum Gasteiger partial charge on any atom is -0.331 e. The van der Waals surface area contributed by atoms with Gasteiger partial charge < -0.3 is 10.6 Å². The van der Waals surface area contributed by atoms with Crippen LogP contribution in [0.25, 0.3) is 0 Å². The van der Waals surface area contributed by atoms with Gasteiger partial charge in [-0.1, -0.05) is 35.4 Å². The van der Waals surface area contributed by atoms with Crippen molar-refractivity contribution in [3.05, 3.63) is 59.1 Å². The molecule has 0 saturated carbocycles. The lowest BCUT2D eigenvalue weighted by Crippen LogP contribution is -2.59. The van der Waals surface area contributed by atoms with Gasteiger partial charge in [0.1, 0.15) is 5.50 Å². The molecule has 1 fully saturated rings. The number of halogens is 1. The molecule has 29 heavy (non-hydrogen) atoms. The quantitative estimate of drug-likeness (QED) is 0.619. The summed E-state index contributed by atoms with van der Waals surface area (Å²) in [5.41, 5.74) is 1.22. The summed E-state index contributed by atoms with van der Waals surface area (Å²) in [5.74, 6) is -0.735. The molecule has 1 aliphatic rings. The van der Waals surface area contributed by atoms with Crippen molar-refractivity contribution in [2.75, 3.05) is 17.6 Å². The van der Waals surface area contributed by atoms with E-state index in [0.717, 1.165) is 5.56 Å². The molecule has 0 spiro atoms. The van der Waals surface area contributed by atoms with Crippen molar-refractivity contribution in [3.63, 3.8) is 0 Å². The molecule has 2 amide bonds. The lowest BCUT2D eigenvalue weighted by atomic mass is 10.2. The van der Waals surface area contributed by atoms with Gasteiger partial charge in [-0.05, 0) is 37.3 Å². The molecule has 1 saturated heterocycles. The van der Waals surface area contributed by atoms with Crippen LogP contribution in [0.1, 0.15) is 5.56 Å². The Morgan fingerprint density at radius 1 is 1.24 bits per heavy atom. The average Bonchev–Trinajstić information content (AvgIpc) is 2.68. The summed E-state index contributed by atoms with van der Waals surface area (Å²) in [5, 5.41) is 7.35. The number of hydrogen-bond donors (Lipinski definition) is 3. The summed E-state index contributed by atoms with van der Waals surface area (Å²) in [6.07, 6.45) is 0. The standard InChI is InChI=1S/C19H20ClN3O4S2/c1-12-5-7-14(8-6-12)22-17(24)11-28-19-21-10-16(18(25)23-19)29(26,27)15-4-2-3-13(20)9-15/h2-9,16,19,21H,10-11H2,1H3,(H,22,24)(H,23,25). The topological polar surface area (TPSA) is 104 Å². The average molecular weight is 454 g/mol. The molecule has 2 unspecified atom stereocenters. The van der Waals surface area contributed by atoms with Crippen molar-refractivity contribution >= 4 is 50.7 Å². The van der Waals surface area contributed by atoms with Crippen LogP contribution in [0.2, 0.25) is 5.02 Å². The van der Waals surface area contributed by atoms with Crippen LogP contribution in [0.4, 0.5) is 5.69 Å². The maximum absolute atomic E-state index is 12.7. The fraction of sp³-hybridized carbons (Fsp3) is 0.263. The van der Waals surface area contributed by atoms with E-state index in [2.05, 4.69) is 16.0 Å². The van der Waals surface area contributed by atoms with Crippen molar-refractivity contribution in [2.45, 2.75) is 22.6 Å². The van der Waals surface area contributed by atoms with Gasteiger partial charge in [-0.25, -0.2) is 8.42 Å². The highest BCUT2D eigenvalue weighted by atomic mass is 35.5. The Morgan fingerprint density at radius 2 is 1.97 bits per heavy atom. The minimum atomic E-state index is -3.88. The Hall–Kier alpha value is -2.07. The molecule has 3 N–H and O–H groups in total. The normalized spacial score (nSPS) is 19.4. The van der Waals surface area contributed by atoms with E-state index in [1.807, 2.05) is 31.2 Å². The fourth-order valence-corrected chi connectivity index (χ4v) is 5.34. The third kappa shape index (κ3) is 5.51. The minimum absolute atomic E-state index is 0.00414. The largest absolute Gasteiger partial charge is 0.331 e. The second-order valence-electron chi connectivity index (χ2n) is 6.51. The van der Waals surface area contributed by atoms with Crippen LogP contribution in [0.3, 0.4) is 0 Å². The molecule has 7 nitrogen and oxygen atoms in total. The third-order valence-electron chi connectivity index (χ3n) is 4.27. The first-order valence-electron chi connectivity index (χ1n) is 8.77. The number of amides is 2. The fourth-order valence-electron chi connectivity index (χ4n) is 2.73. The summed E-state index contributed by atoms with van der Waals surface area (Å²) in [4.78, 5) is 24.5. The van der Waals surface area contributed by atoms with Crippen molar-refractivity contribution in [1.29, 1.82) is 0 Å². The smallest absolute Gasteiger partial charge is 0.241 e. The molecule has 154 valence electrons. The molecule has 10 heteroatoms. The van der Waals surface area contributed by atoms with E-state index < -0.39 is 26.5 Å². The molecule has 0 bridgehead atoms. The Morgan fingerprint density at radius 3 is 2.62 bits per heavy atom. The van der Waals surface area contributed by atoms with Gasteiger partial charge in [0.05, 0.1) is 10.6 Å². The number of benzene rings is 2. The number of carbonyl (C=O) groups is 2. The molecule has 0 radical (unpaired) electrons. The molecule has 1 aliphatic heterocycles. The molecule has 2 aromatic rings. The molecule has 1 heterocycles. The zero-order valence-electron chi connectivity index (χ0n) is 15.5. The van der Waals surface area contributed by atoms with Crippen LogP contribution in [0.5, 0.6) is 0 Å². The van der Waals surface area contributed by atoms with Crippen LogP contribution < -0.4 is 16.0 Å². The summed E-state index contributed by atoms with van der Waals surface area (Å²) in [6.45, 7) is 1.90. The van der Waals surface area contributed by atoms with Gasteiger partial charge in [0.2, 0.25) is 11.8 Å². The maximum Gasteiger partial charge on any atom is 0.241 e. The van der Waals surface area contributed by atoms with E-state index in [1.165, 1.54) is 30.0 Å². The van der Waals surface area contributed by atoms with Gasteiger partial charge in [0.15, 0.2) is 15.1 Å². The lowest BCUT2D eigenvalue weighted by molar-refractivity contribution is -0.122. The monoisotopic (exact) mass is 453 g/mol. The van der Waals surface area contributed by atoms with Gasteiger partial charge in [-0.15, -0.1) is 11.8 Å². The molecule has 2 aromatic carbocycles. The Bertz CT molecular complexity index is 1010. The Kier molecular flexibility index (Phi) is 6.84. The summed E-state index contributed by atoms with van der Waals surface area (Å²) < 4.78 is 25.4. The lowest BCUT2D eigenvalue weighted by Gasteiger charge is -2.29. The van der Waals surface area contributed by atoms with Crippen LogP contribution >= 0.6 is 23.4 Å². The zero-order valence-corrected chi connectivity index (χ0v) is 17.9. The Labute approximate surface area is 178 Å². The highest BCUT2D eigenvalue weighted by Crippen LogP contribution is 2.22. The first-order valence-corrected chi connectivity index (χ1v) is 11.7. The summed E-state index contributed by atoms with van der Waals surface area (Å²) in [6, 6.07) is 13.2. The molecular weight excluding hydrogens is 434 g/mol. The number of sulfone groups is 1. The van der Waals surface area contributed by atoms with Crippen molar-refractivity contribution in [2.24, 2.45) is 0 Å². The van der Waals surface area contributed by atoms with Crippen molar-refractivity contribution < 1.29 is 18.0 Å². The second-order valence-corrected chi connectivity index (χ2v) is 10.2. The summed E-state index contributed by atoms with van der Waals surface area (Å²) >= 11 is 7.04. The molecule has 2 atom stereocenters. The van der Waals surface area contributed by atoms with E-state index in [-0.39, 0.29) is 28.1 Å². The predicted molar refractivity (Wildman–Crippen MR) is 115 cm³/mol. The van der Waals surface area contributed by atoms with E-state index in [9.17, 15) is 18.0 Å². The number of carbonyl (C=O) groups excluding carboxylic acids is 2. The third-order valence-corrected chi connectivity index (χ3v) is 7.59. The van der Waals surface area contributed by atoms with Crippen LogP contribution in [-0.2, 0) is 19.4 Å². The highest BCUT2D eigenvalue weighted by molar-refractivity contribution is 8.00. The highest BCUT2D eigenvalue weighted by Gasteiger charge is 2.38. The molecule has 0 aliphatic carbocycles. The van der Waals surface area contributed by atoms with Crippen LogP contribution in [0, 0.1) is 6.92 Å². The molecular formula is C19H20ClN3O4S2. The van der Waals surface area contributed by atoms with E-state index in [1.54, 1.807) is 6.07 Å². The first-order chi connectivity index (χ1) is 13.8. The molecule has 3 rings (SSSR count). The van der Waals surface area contributed by atoms with E-state index in [0.29, 0.717) is 5.69 Å². The number of rotatable bonds is 6. The first kappa shape index (κ1) is 21.6. The van der Waals surface area contributed by atoms with Gasteiger partial charge in [0.25, 0.3) is 0 Å². The van der Waals surface area contributed by atoms with Gasteiger partial charge in [0, 0.05) is 17.3 Å². The maximum atomic E-state index is 12.7. The van der Waals surface area contributed by atoms with E-state index in [4.69, 9.17) is 11.6 Å². The second kappa shape index (κ2) is 9.17. The Balaban J connectivity index is 1.54. The van der Waals surface area contributed by atoms with Gasteiger partial charge in [-0.3, -0.25) is 14.9 Å². The summed E-state index contributed by atoms with van der Waals surface area (Å²) in [7, 11) is -3.88.